The van der Waals surface area contributed by atoms with E-state index in [2.05, 4.69) is 13.8 Å². The van der Waals surface area contributed by atoms with Gasteiger partial charge >= 0.3 is 0 Å². The molecule has 0 aliphatic carbocycles. The summed E-state index contributed by atoms with van der Waals surface area (Å²) < 4.78 is 0. The Morgan fingerprint density at radius 2 is 1.71 bits per heavy atom. The Morgan fingerprint density at radius 1 is 1.24 bits per heavy atom. The van der Waals surface area contributed by atoms with Crippen LogP contribution < -0.4 is 5.73 Å². The van der Waals surface area contributed by atoms with Crippen molar-refractivity contribution in [2.24, 2.45) is 17.6 Å². The highest BCUT2D eigenvalue weighted by atomic mass is 16.3. The summed E-state index contributed by atoms with van der Waals surface area (Å²) in [6, 6.07) is 0. The Labute approximate surface area is 107 Å². The van der Waals surface area contributed by atoms with Gasteiger partial charge in [-0.1, -0.05) is 34.6 Å². The minimum absolute atomic E-state index is 0.213. The van der Waals surface area contributed by atoms with Gasteiger partial charge in [0.25, 0.3) is 0 Å². The Balaban J connectivity index is 0. The molecule has 0 bridgehead atoms. The van der Waals surface area contributed by atoms with Crippen molar-refractivity contribution in [3.63, 3.8) is 0 Å². The van der Waals surface area contributed by atoms with E-state index in [1.165, 1.54) is 0 Å². The van der Waals surface area contributed by atoms with Crippen molar-refractivity contribution in [2.45, 2.75) is 72.8 Å². The average Bonchev–Trinajstić information content (AvgIpc) is 2.14. The van der Waals surface area contributed by atoms with Gasteiger partial charge in [0.15, 0.2) is 0 Å². The summed E-state index contributed by atoms with van der Waals surface area (Å²) in [4.78, 5) is 10.0. The van der Waals surface area contributed by atoms with Gasteiger partial charge in [-0.25, -0.2) is 0 Å². The van der Waals surface area contributed by atoms with E-state index >= 15 is 0 Å². The molecule has 0 spiro atoms. The van der Waals surface area contributed by atoms with E-state index in [0.717, 1.165) is 19.3 Å². The van der Waals surface area contributed by atoms with E-state index in [0.29, 0.717) is 18.3 Å². The van der Waals surface area contributed by atoms with E-state index in [-0.39, 0.29) is 5.91 Å². The van der Waals surface area contributed by atoms with Gasteiger partial charge in [0.05, 0.1) is 5.60 Å². The van der Waals surface area contributed by atoms with Gasteiger partial charge in [0.1, 0.15) is 0 Å². The predicted molar refractivity (Wildman–Crippen MR) is 73.6 cm³/mol. The molecule has 17 heavy (non-hydrogen) atoms. The Kier molecular flexibility index (Phi) is 10.5. The van der Waals surface area contributed by atoms with Crippen molar-refractivity contribution < 1.29 is 9.90 Å². The van der Waals surface area contributed by atoms with Crippen LogP contribution in [0.15, 0.2) is 0 Å². The zero-order chi connectivity index (χ0) is 14.1. The molecule has 0 saturated heterocycles. The van der Waals surface area contributed by atoms with Crippen LogP contribution >= 0.6 is 0 Å². The van der Waals surface area contributed by atoms with Gasteiger partial charge in [-0.2, -0.15) is 0 Å². The fourth-order valence-corrected chi connectivity index (χ4v) is 1.18. The van der Waals surface area contributed by atoms with Gasteiger partial charge in [-0.3, -0.25) is 4.79 Å². The highest BCUT2D eigenvalue weighted by molar-refractivity contribution is 5.73. The largest absolute Gasteiger partial charge is 0.390 e. The number of hydrogen-bond donors (Lipinski definition) is 2. The standard InChI is InChI=1S/C9H20O.C5H11NO/c1-5-9(4,10)7-6-8(2)3;1-4(2)3-5(6)7/h8,10H,5-7H2,1-4H3;4H,3H2,1-2H3,(H2,6,7). The second-order valence-electron chi connectivity index (χ2n) is 5.85. The molecular formula is C14H31NO2. The lowest BCUT2D eigenvalue weighted by molar-refractivity contribution is -0.118. The molecule has 104 valence electrons. The van der Waals surface area contributed by atoms with E-state index in [4.69, 9.17) is 5.73 Å². The van der Waals surface area contributed by atoms with Crippen molar-refractivity contribution in [2.75, 3.05) is 0 Å². The minimum atomic E-state index is -0.426. The maximum atomic E-state index is 10.0. The molecule has 0 aromatic rings. The van der Waals surface area contributed by atoms with Crippen LogP contribution in [0.1, 0.15) is 67.2 Å². The van der Waals surface area contributed by atoms with Gasteiger partial charge in [-0.05, 0) is 38.0 Å². The molecule has 0 saturated carbocycles. The summed E-state index contributed by atoms with van der Waals surface area (Å²) in [6.45, 7) is 12.2. The molecule has 0 radical (unpaired) electrons. The molecule has 0 aliphatic rings. The van der Waals surface area contributed by atoms with Gasteiger partial charge < -0.3 is 10.8 Å². The first kappa shape index (κ1) is 18.8. The molecular weight excluding hydrogens is 214 g/mol. The number of aliphatic hydroxyl groups is 1. The molecule has 0 heterocycles. The molecule has 0 aromatic heterocycles. The monoisotopic (exact) mass is 245 g/mol. The van der Waals surface area contributed by atoms with Crippen molar-refractivity contribution in [1.29, 1.82) is 0 Å². The van der Waals surface area contributed by atoms with Gasteiger partial charge in [0.2, 0.25) is 5.91 Å². The normalized spacial score (nSPS) is 14.2. The number of rotatable bonds is 6. The first-order valence-electron chi connectivity index (χ1n) is 6.61. The molecule has 1 unspecified atom stereocenters. The van der Waals surface area contributed by atoms with E-state index < -0.39 is 5.60 Å². The number of amides is 1. The third kappa shape index (κ3) is 18.0. The predicted octanol–water partition coefficient (Wildman–Crippen LogP) is 3.10. The van der Waals surface area contributed by atoms with Gasteiger partial charge in [0, 0.05) is 6.42 Å². The number of hydrogen-bond acceptors (Lipinski definition) is 2. The second-order valence-corrected chi connectivity index (χ2v) is 5.85. The van der Waals surface area contributed by atoms with E-state index in [1.54, 1.807) is 0 Å². The van der Waals surface area contributed by atoms with Crippen molar-refractivity contribution >= 4 is 5.91 Å². The van der Waals surface area contributed by atoms with Crippen LogP contribution in [-0.4, -0.2) is 16.6 Å². The zero-order valence-electron chi connectivity index (χ0n) is 12.4. The summed E-state index contributed by atoms with van der Waals surface area (Å²) in [5.41, 5.74) is 4.43. The lowest BCUT2D eigenvalue weighted by Crippen LogP contribution is -2.22. The summed E-state index contributed by atoms with van der Waals surface area (Å²) in [6.07, 6.45) is 3.42. The van der Waals surface area contributed by atoms with Gasteiger partial charge in [-0.15, -0.1) is 0 Å². The SMILES string of the molecule is CC(C)CC(N)=O.CCC(C)(O)CCC(C)C. The Morgan fingerprint density at radius 3 is 1.88 bits per heavy atom. The Bertz CT molecular complexity index is 198. The highest BCUT2D eigenvalue weighted by Gasteiger charge is 2.16. The van der Waals surface area contributed by atoms with Crippen molar-refractivity contribution in [3.8, 4) is 0 Å². The van der Waals surface area contributed by atoms with Crippen molar-refractivity contribution in [3.05, 3.63) is 0 Å². The summed E-state index contributed by atoms with van der Waals surface area (Å²) in [7, 11) is 0. The quantitative estimate of drug-likeness (QED) is 0.755. The van der Waals surface area contributed by atoms with Crippen LogP contribution in [0.2, 0.25) is 0 Å². The topological polar surface area (TPSA) is 63.3 Å². The molecule has 1 atom stereocenters. The number of carbonyl (C=O) groups is 1. The number of primary amides is 1. The fourth-order valence-electron chi connectivity index (χ4n) is 1.18. The third-order valence-corrected chi connectivity index (χ3v) is 2.63. The molecule has 0 aliphatic heterocycles. The van der Waals surface area contributed by atoms with Crippen molar-refractivity contribution in [1.82, 2.24) is 0 Å². The van der Waals surface area contributed by atoms with Crippen LogP contribution in [0, 0.1) is 11.8 Å². The lowest BCUT2D eigenvalue weighted by Gasteiger charge is -2.21. The van der Waals surface area contributed by atoms with Crippen LogP contribution in [0.5, 0.6) is 0 Å². The number of nitrogens with two attached hydrogens (primary N) is 1. The molecule has 1 amide bonds. The first-order chi connectivity index (χ1) is 7.60. The minimum Gasteiger partial charge on any atom is -0.390 e. The number of carbonyl (C=O) groups excluding carboxylic acids is 1. The van der Waals surface area contributed by atoms with Crippen LogP contribution in [0.4, 0.5) is 0 Å². The van der Waals surface area contributed by atoms with Crippen LogP contribution in [0.25, 0.3) is 0 Å². The second kappa shape index (κ2) is 9.46. The van der Waals surface area contributed by atoms with E-state index in [1.807, 2.05) is 27.7 Å². The fraction of sp³-hybridized carbons (Fsp3) is 0.929. The summed E-state index contributed by atoms with van der Waals surface area (Å²) >= 11 is 0. The molecule has 3 N–H and O–H groups in total. The maximum absolute atomic E-state index is 10.0. The summed E-state index contributed by atoms with van der Waals surface area (Å²) in [5, 5.41) is 9.57. The molecule has 0 rings (SSSR count). The molecule has 0 aromatic carbocycles. The smallest absolute Gasteiger partial charge is 0.217 e. The molecule has 0 fully saturated rings. The van der Waals surface area contributed by atoms with Crippen LogP contribution in [0.3, 0.4) is 0 Å². The average molecular weight is 245 g/mol. The highest BCUT2D eigenvalue weighted by Crippen LogP contribution is 2.18. The lowest BCUT2D eigenvalue weighted by atomic mass is 9.93. The third-order valence-electron chi connectivity index (χ3n) is 2.63. The Hall–Kier alpha value is -0.570. The first-order valence-corrected chi connectivity index (χ1v) is 6.61. The maximum Gasteiger partial charge on any atom is 0.217 e. The molecule has 3 nitrogen and oxygen atoms in total. The van der Waals surface area contributed by atoms with E-state index in [9.17, 15) is 9.90 Å². The van der Waals surface area contributed by atoms with Crippen LogP contribution in [-0.2, 0) is 4.79 Å². The molecule has 3 heteroatoms. The zero-order valence-corrected chi connectivity index (χ0v) is 12.4. The summed E-state index contributed by atoms with van der Waals surface area (Å²) in [5.74, 6) is 0.894.